The largest absolute Gasteiger partial charge is 0.338 e. The zero-order chi connectivity index (χ0) is 27.1. The van der Waals surface area contributed by atoms with Crippen LogP contribution in [0, 0.1) is 6.92 Å². The zero-order valence-electron chi connectivity index (χ0n) is 21.5. The maximum Gasteiger partial charge on any atom is 0.319 e. The second kappa shape index (κ2) is 13.2. The first-order valence-electron chi connectivity index (χ1n) is 13.0. The van der Waals surface area contributed by atoms with Crippen molar-refractivity contribution in [2.75, 3.05) is 17.6 Å². The van der Waals surface area contributed by atoms with Crippen LogP contribution in [0.4, 0.5) is 10.5 Å². The fraction of sp³-hybridized carbons (Fsp3) is 0.429. The van der Waals surface area contributed by atoms with Crippen molar-refractivity contribution in [2.24, 2.45) is 0 Å². The lowest BCUT2D eigenvalue weighted by molar-refractivity contribution is -0.136. The number of nitrogens with one attached hydrogen (secondary N) is 3. The summed E-state index contributed by atoms with van der Waals surface area (Å²) >= 11 is 7.86. The van der Waals surface area contributed by atoms with E-state index in [-0.39, 0.29) is 30.2 Å². The standard InChI is InChI=1S/C28H33ClN4O4S/c1-18-7-8-20(16-23(18)29)31-28(37)30-13-5-3-2-4-6-14-38-21-9-10-22-19(15-21)17-33(27(22)36)24-11-12-25(34)32-26(24)35/h7-10,15-16,24H,2-6,11-14,17H2,1H3,(H2,30,31,37)(H,32,34,35). The van der Waals surface area contributed by atoms with Gasteiger partial charge in [0.15, 0.2) is 0 Å². The first-order valence-corrected chi connectivity index (χ1v) is 14.4. The zero-order valence-corrected chi connectivity index (χ0v) is 23.1. The number of carbonyl (C=O) groups is 4. The lowest BCUT2D eigenvalue weighted by atomic mass is 10.0. The Hall–Kier alpha value is -3.04. The van der Waals surface area contributed by atoms with Gasteiger partial charge in [-0.25, -0.2) is 4.79 Å². The molecule has 2 aromatic carbocycles. The quantitative estimate of drug-likeness (QED) is 0.198. The predicted octanol–water partition coefficient (Wildman–Crippen LogP) is 5.27. The van der Waals surface area contributed by atoms with Crippen molar-refractivity contribution in [1.29, 1.82) is 0 Å². The van der Waals surface area contributed by atoms with Gasteiger partial charge in [0.2, 0.25) is 11.8 Å². The molecule has 0 radical (unpaired) electrons. The molecule has 5 amide bonds. The van der Waals surface area contributed by atoms with Gasteiger partial charge in [0.05, 0.1) is 0 Å². The number of halogens is 1. The van der Waals surface area contributed by atoms with Crippen molar-refractivity contribution < 1.29 is 19.2 Å². The highest BCUT2D eigenvalue weighted by Gasteiger charge is 2.39. The van der Waals surface area contributed by atoms with Crippen LogP contribution in [0.2, 0.25) is 5.02 Å². The molecule has 3 N–H and O–H groups in total. The highest BCUT2D eigenvalue weighted by atomic mass is 35.5. The van der Waals surface area contributed by atoms with Crippen LogP contribution in [0.25, 0.3) is 0 Å². The van der Waals surface area contributed by atoms with Gasteiger partial charge < -0.3 is 15.5 Å². The van der Waals surface area contributed by atoms with Crippen molar-refractivity contribution in [3.05, 3.63) is 58.1 Å². The van der Waals surface area contributed by atoms with Gasteiger partial charge >= 0.3 is 6.03 Å². The first kappa shape index (κ1) is 28.0. The van der Waals surface area contributed by atoms with E-state index in [0.717, 1.165) is 53.9 Å². The minimum atomic E-state index is -0.583. The molecule has 1 atom stereocenters. The SMILES string of the molecule is Cc1ccc(NC(=O)NCCCCCCCSc2ccc3c(c2)CN(C2CCC(=O)NC2=O)C3=O)cc1Cl. The summed E-state index contributed by atoms with van der Waals surface area (Å²) in [4.78, 5) is 51.1. The third-order valence-corrected chi connectivity index (χ3v) is 8.29. The van der Waals surface area contributed by atoms with Gasteiger partial charge in [0, 0.05) is 40.7 Å². The highest BCUT2D eigenvalue weighted by molar-refractivity contribution is 7.99. The Morgan fingerprint density at radius 1 is 1.08 bits per heavy atom. The van der Waals surface area contributed by atoms with Crippen LogP contribution < -0.4 is 16.0 Å². The van der Waals surface area contributed by atoms with E-state index in [0.29, 0.717) is 35.8 Å². The van der Waals surface area contributed by atoms with E-state index in [1.54, 1.807) is 22.7 Å². The number of piperidine rings is 1. The van der Waals surface area contributed by atoms with Gasteiger partial charge in [0.1, 0.15) is 6.04 Å². The summed E-state index contributed by atoms with van der Waals surface area (Å²) in [7, 11) is 0. The molecule has 202 valence electrons. The third-order valence-electron chi connectivity index (χ3n) is 6.80. The molecule has 2 aliphatic heterocycles. The summed E-state index contributed by atoms with van der Waals surface area (Å²) in [5.41, 5.74) is 3.23. The van der Waals surface area contributed by atoms with E-state index < -0.39 is 6.04 Å². The van der Waals surface area contributed by atoms with Gasteiger partial charge in [-0.15, -0.1) is 11.8 Å². The number of aryl methyl sites for hydroxylation is 1. The molecule has 4 rings (SSSR count). The Kier molecular flexibility index (Phi) is 9.69. The molecule has 1 saturated heterocycles. The van der Waals surface area contributed by atoms with Crippen molar-refractivity contribution in [1.82, 2.24) is 15.5 Å². The van der Waals surface area contributed by atoms with E-state index in [4.69, 9.17) is 11.6 Å². The van der Waals surface area contributed by atoms with Gasteiger partial charge in [-0.1, -0.05) is 36.9 Å². The average Bonchev–Trinajstić information content (AvgIpc) is 3.20. The van der Waals surface area contributed by atoms with Crippen molar-refractivity contribution in [3.63, 3.8) is 0 Å². The summed E-state index contributed by atoms with van der Waals surface area (Å²) in [6.45, 7) is 2.95. The normalized spacial score (nSPS) is 16.8. The molecule has 0 bridgehead atoms. The lowest BCUT2D eigenvalue weighted by Crippen LogP contribution is -2.52. The Bertz CT molecular complexity index is 1220. The highest BCUT2D eigenvalue weighted by Crippen LogP contribution is 2.31. The lowest BCUT2D eigenvalue weighted by Gasteiger charge is -2.29. The number of nitrogens with zero attached hydrogens (tertiary/aromatic N) is 1. The molecular formula is C28H33ClN4O4S. The number of unbranched alkanes of at least 4 members (excludes halogenated alkanes) is 4. The number of rotatable bonds is 11. The Morgan fingerprint density at radius 2 is 1.87 bits per heavy atom. The number of thioether (sulfide) groups is 1. The molecule has 1 fully saturated rings. The first-order chi connectivity index (χ1) is 18.3. The fourth-order valence-electron chi connectivity index (χ4n) is 4.64. The van der Waals surface area contributed by atoms with Crippen molar-refractivity contribution >= 4 is 52.8 Å². The third kappa shape index (κ3) is 7.29. The summed E-state index contributed by atoms with van der Waals surface area (Å²) in [5.74, 6) is 0.183. The van der Waals surface area contributed by atoms with Gasteiger partial charge in [-0.05, 0) is 73.4 Å². The molecule has 0 saturated carbocycles. The Balaban J connectivity index is 1.08. The summed E-state index contributed by atoms with van der Waals surface area (Å²) < 4.78 is 0. The number of hydrogen-bond acceptors (Lipinski definition) is 5. The fourth-order valence-corrected chi connectivity index (χ4v) is 5.79. The smallest absolute Gasteiger partial charge is 0.319 e. The van der Waals surface area contributed by atoms with E-state index in [1.807, 2.05) is 37.3 Å². The van der Waals surface area contributed by atoms with Crippen molar-refractivity contribution in [3.8, 4) is 0 Å². The van der Waals surface area contributed by atoms with E-state index in [9.17, 15) is 19.2 Å². The number of anilines is 1. The average molecular weight is 557 g/mol. The number of imide groups is 1. The number of fused-ring (bicyclic) bond motifs is 1. The second-order valence-corrected chi connectivity index (χ2v) is 11.3. The molecule has 0 spiro atoms. The molecule has 8 nitrogen and oxygen atoms in total. The Morgan fingerprint density at radius 3 is 2.66 bits per heavy atom. The molecule has 0 aliphatic carbocycles. The Labute approximate surface area is 232 Å². The maximum atomic E-state index is 12.8. The number of hydrogen-bond donors (Lipinski definition) is 3. The van der Waals surface area contributed by atoms with Gasteiger partial charge in [-0.2, -0.15) is 0 Å². The van der Waals surface area contributed by atoms with Crippen LogP contribution in [0.1, 0.15) is 66.4 Å². The van der Waals surface area contributed by atoms with Gasteiger partial charge in [-0.3, -0.25) is 19.7 Å². The number of urea groups is 1. The molecule has 0 aromatic heterocycles. The number of benzene rings is 2. The van der Waals surface area contributed by atoms with Crippen LogP contribution in [0.3, 0.4) is 0 Å². The summed E-state index contributed by atoms with van der Waals surface area (Å²) in [6, 6.07) is 10.5. The summed E-state index contributed by atoms with van der Waals surface area (Å²) in [6.07, 6.45) is 5.93. The number of carbonyl (C=O) groups excluding carboxylic acids is 4. The predicted molar refractivity (Wildman–Crippen MR) is 150 cm³/mol. The van der Waals surface area contributed by atoms with Crippen LogP contribution in [-0.2, 0) is 16.1 Å². The van der Waals surface area contributed by atoms with Gasteiger partial charge in [0.25, 0.3) is 5.91 Å². The van der Waals surface area contributed by atoms with Crippen LogP contribution >= 0.6 is 23.4 Å². The van der Waals surface area contributed by atoms with Crippen LogP contribution in [0.15, 0.2) is 41.3 Å². The molecular weight excluding hydrogens is 524 g/mol. The molecule has 38 heavy (non-hydrogen) atoms. The van der Waals surface area contributed by atoms with Crippen LogP contribution in [-0.4, -0.2) is 47.0 Å². The minimum absolute atomic E-state index is 0.141. The summed E-state index contributed by atoms with van der Waals surface area (Å²) in [5, 5.41) is 8.64. The molecule has 2 aromatic rings. The van der Waals surface area contributed by atoms with E-state index >= 15 is 0 Å². The minimum Gasteiger partial charge on any atom is -0.338 e. The maximum absolute atomic E-state index is 12.8. The monoisotopic (exact) mass is 556 g/mol. The molecule has 10 heteroatoms. The van der Waals surface area contributed by atoms with Crippen molar-refractivity contribution in [2.45, 2.75) is 69.4 Å². The molecule has 1 unspecified atom stereocenters. The topological polar surface area (TPSA) is 108 Å². The molecule has 2 heterocycles. The molecule has 2 aliphatic rings. The van der Waals surface area contributed by atoms with Crippen LogP contribution in [0.5, 0.6) is 0 Å². The second-order valence-electron chi connectivity index (χ2n) is 9.68. The number of amides is 5. The van der Waals surface area contributed by atoms with E-state index in [1.165, 1.54) is 0 Å². The van der Waals surface area contributed by atoms with E-state index in [2.05, 4.69) is 16.0 Å².